The van der Waals surface area contributed by atoms with Crippen molar-refractivity contribution in [1.82, 2.24) is 58.6 Å². The first-order chi connectivity index (χ1) is 44.5. The molecule has 30 nitrogen and oxygen atoms in total. The third kappa shape index (κ3) is 13.0. The molecular formula is C61H85N15O15P2. The van der Waals surface area contributed by atoms with Gasteiger partial charge in [-0.05, 0) is 97.7 Å². The lowest BCUT2D eigenvalue weighted by Gasteiger charge is -2.58. The van der Waals surface area contributed by atoms with Gasteiger partial charge in [0, 0.05) is 31.6 Å². The van der Waals surface area contributed by atoms with Gasteiger partial charge in [0.2, 0.25) is 0 Å². The fraction of sp³-hybridized carbons (Fsp3) is 0.689. The molecular weight excluding hydrogens is 1240 g/mol. The molecule has 0 amide bonds. The molecule has 19 atom stereocenters. The van der Waals surface area contributed by atoms with Crippen LogP contribution < -0.4 is 17.2 Å². The van der Waals surface area contributed by atoms with E-state index in [-0.39, 0.29) is 100 Å². The molecule has 0 spiro atoms. The van der Waals surface area contributed by atoms with Crippen LogP contribution >= 0.6 is 15.6 Å². The normalized spacial score (nSPS) is 33.5. The summed E-state index contributed by atoms with van der Waals surface area (Å²) in [5, 5.41) is 10.0. The Kier molecular flexibility index (Phi) is 18.5. The zero-order valence-electron chi connectivity index (χ0n) is 52.9. The third-order valence-corrected chi connectivity index (χ3v) is 23.6. The number of fused-ring (bicyclic) bond motifs is 8. The minimum Gasteiger partial charge on any atom is -0.457 e. The van der Waals surface area contributed by atoms with Gasteiger partial charge in [-0.1, -0.05) is 65.5 Å². The summed E-state index contributed by atoms with van der Waals surface area (Å²) in [6.07, 6.45) is 12.5. The summed E-state index contributed by atoms with van der Waals surface area (Å²) in [4.78, 5) is 89.0. The summed E-state index contributed by atoms with van der Waals surface area (Å²) < 4.78 is 79.9. The van der Waals surface area contributed by atoms with Gasteiger partial charge in [0.1, 0.15) is 59.6 Å². The fourth-order valence-corrected chi connectivity index (χ4v) is 19.1. The summed E-state index contributed by atoms with van der Waals surface area (Å²) >= 11 is 0. The number of anilines is 3. The quantitative estimate of drug-likeness (QED) is 0.0190. The Hall–Kier alpha value is -6.01. The van der Waals surface area contributed by atoms with Gasteiger partial charge in [0.25, 0.3) is 0 Å². The van der Waals surface area contributed by atoms with Gasteiger partial charge in [0.15, 0.2) is 53.1 Å². The lowest BCUT2D eigenvalue weighted by molar-refractivity contribution is -0.156. The number of carbonyl (C=O) groups is 2. The molecule has 9 heterocycles. The average Bonchev–Trinajstić information content (AvgIpc) is 1.71. The van der Waals surface area contributed by atoms with E-state index in [2.05, 4.69) is 85.6 Å². The van der Waals surface area contributed by atoms with Crippen LogP contribution in [-0.2, 0) is 55.8 Å². The van der Waals surface area contributed by atoms with Crippen LogP contribution in [0.25, 0.3) is 33.5 Å². The molecule has 0 aromatic carbocycles. The summed E-state index contributed by atoms with van der Waals surface area (Å²) in [7, 11) is -10.1. The number of aliphatic hydroxyl groups excluding tert-OH is 1. The van der Waals surface area contributed by atoms with Crippen LogP contribution in [0.3, 0.4) is 0 Å². The Morgan fingerprint density at radius 3 is 1.72 bits per heavy atom. The SMILES string of the molecule is CC(C)CCC[C@@H](C)[C@H]1CCC2C3CC=C4CCC(C(=O)CCC(=O)O[C@@H]5C[C@@H](COP(=O)(O)O[C@@H]6C[C@@H](COP(=O)(O)O[C@@H]7C[C@@H](CO)O[C@H]7n7cnc8c(N)ncnc87)O[C@H]6n6cnc7c(N)ncnc76)O[C@H]5n5cnc6c(N)ncnc65)C[C@]4(C)C3CC[C@@]21C. The first-order valence-electron chi connectivity index (χ1n) is 32.6. The van der Waals surface area contributed by atoms with Gasteiger partial charge < -0.3 is 51.0 Å². The first-order valence-corrected chi connectivity index (χ1v) is 35.6. The predicted molar refractivity (Wildman–Crippen MR) is 334 cm³/mol. The summed E-state index contributed by atoms with van der Waals surface area (Å²) in [6, 6.07) is 0. The van der Waals surface area contributed by atoms with E-state index in [9.17, 15) is 33.6 Å². The van der Waals surface area contributed by atoms with Crippen LogP contribution in [0.2, 0.25) is 0 Å². The van der Waals surface area contributed by atoms with Crippen LogP contribution in [0.1, 0.15) is 156 Å². The number of imidazole rings is 3. The number of aliphatic hydroxyl groups is 1. The highest BCUT2D eigenvalue weighted by atomic mass is 31.2. The fourth-order valence-electron chi connectivity index (χ4n) is 17.2. The molecule has 7 aliphatic rings. The van der Waals surface area contributed by atoms with E-state index < -0.39 is 96.7 Å². The number of hydrogen-bond acceptors (Lipinski definition) is 25. The number of nitrogen functional groups attached to an aromatic ring is 3. The topological polar surface area (TPSA) is 412 Å². The number of Topliss-reactive ketones (excluding diaryl/α,β-unsaturated/α-hetero) is 1. The molecule has 4 aliphatic carbocycles. The molecule has 6 aromatic rings. The number of allylic oxidation sites excluding steroid dienone is 2. The molecule has 32 heteroatoms. The maximum Gasteiger partial charge on any atom is 0.472 e. The largest absolute Gasteiger partial charge is 0.472 e. The Labute approximate surface area is 537 Å². The molecule has 9 N–H and O–H groups in total. The lowest BCUT2D eigenvalue weighted by Crippen LogP contribution is -2.51. The smallest absolute Gasteiger partial charge is 0.457 e. The molecule has 93 heavy (non-hydrogen) atoms. The summed E-state index contributed by atoms with van der Waals surface area (Å²) in [5.41, 5.74) is 21.5. The monoisotopic (exact) mass is 1330 g/mol. The molecule has 6 aromatic heterocycles. The number of nitrogens with two attached hydrogens (primary N) is 3. The Morgan fingerprint density at radius 1 is 0.667 bits per heavy atom. The second-order valence-corrected chi connectivity index (χ2v) is 30.4. The van der Waals surface area contributed by atoms with Gasteiger partial charge in [-0.2, -0.15) is 0 Å². The molecule has 3 saturated carbocycles. The highest BCUT2D eigenvalue weighted by molar-refractivity contribution is 7.47. The standard InChI is InChI=1S/C61H85N15O15P2/c1-32(2)7-6-8-33(3)40-13-14-41-39-12-11-35-10-9-34(22-61(35,5)42(39)17-18-60(40,41)4)43(78)15-16-47(79)89-44-20-37(87-57(44)74-29-71-48-51(62)65-26-68-54(48)74)24-84-93(82,83)91-46-21-38(88-59(46)76-31-73-50-53(64)67-28-70-56(50)76)25-85-92(80,81)90-45-19-36(23-77)86-58(45)75-30-72-49-52(63)66-27-69-55(49)75/h11,26-34,36-42,44-46,57-59,77H,6-10,12-25H2,1-5H3,(H,80,81)(H,82,83)(H2,62,65,68)(H2,63,66,69)(H2,64,67,70)/t33-,34?,36+,37+,38+,39?,40-,41?,42?,44-,45-,46-,57-,58-,59-,60-,61+/m1/s1. The van der Waals surface area contributed by atoms with Crippen LogP contribution in [0.4, 0.5) is 17.5 Å². The zero-order valence-corrected chi connectivity index (χ0v) is 54.7. The molecule has 6 fully saturated rings. The number of rotatable bonds is 24. The maximum atomic E-state index is 14.3. The van der Waals surface area contributed by atoms with E-state index in [0.717, 1.165) is 43.4 Å². The van der Waals surface area contributed by atoms with Crippen molar-refractivity contribution in [2.24, 2.45) is 52.3 Å². The molecule has 6 unspecified atom stereocenters. The summed E-state index contributed by atoms with van der Waals surface area (Å²) in [6.45, 7) is 10.6. The van der Waals surface area contributed by atoms with Crippen LogP contribution in [-0.4, -0.2) is 142 Å². The Bertz CT molecular complexity index is 3870. The zero-order chi connectivity index (χ0) is 65.3. The van der Waals surface area contributed by atoms with Crippen molar-refractivity contribution >= 4 is 78.3 Å². The second-order valence-electron chi connectivity index (χ2n) is 27.6. The summed E-state index contributed by atoms with van der Waals surface area (Å²) in [5.74, 6) is 3.54. The molecule has 13 rings (SSSR count). The lowest BCUT2D eigenvalue weighted by atomic mass is 9.46. The van der Waals surface area contributed by atoms with Crippen molar-refractivity contribution in [3.63, 3.8) is 0 Å². The minimum absolute atomic E-state index is 0.0124. The van der Waals surface area contributed by atoms with Crippen molar-refractivity contribution in [2.75, 3.05) is 37.0 Å². The Balaban J connectivity index is 0.651. The minimum atomic E-state index is -5.10. The van der Waals surface area contributed by atoms with Crippen molar-refractivity contribution in [2.45, 2.75) is 193 Å². The van der Waals surface area contributed by atoms with E-state index in [1.165, 1.54) is 102 Å². The highest BCUT2D eigenvalue weighted by Crippen LogP contribution is 2.68. The number of aromatic nitrogens is 12. The van der Waals surface area contributed by atoms with Crippen molar-refractivity contribution < 1.29 is 70.7 Å². The van der Waals surface area contributed by atoms with Crippen molar-refractivity contribution in [3.05, 3.63) is 49.6 Å². The molecule has 0 radical (unpaired) electrons. The van der Waals surface area contributed by atoms with Crippen molar-refractivity contribution in [3.8, 4) is 0 Å². The van der Waals surface area contributed by atoms with E-state index in [1.54, 1.807) is 0 Å². The van der Waals surface area contributed by atoms with Gasteiger partial charge in [-0.25, -0.2) is 54.0 Å². The second kappa shape index (κ2) is 26.2. The molecule has 504 valence electrons. The number of ketones is 1. The number of esters is 1. The van der Waals surface area contributed by atoms with E-state index in [4.69, 9.17) is 54.2 Å². The number of carbonyl (C=O) groups excluding carboxylic acids is 2. The van der Waals surface area contributed by atoms with Gasteiger partial charge in [-0.3, -0.25) is 41.4 Å². The third-order valence-electron chi connectivity index (χ3n) is 21.6. The van der Waals surface area contributed by atoms with Gasteiger partial charge in [-0.15, -0.1) is 0 Å². The first kappa shape index (κ1) is 65.6. The van der Waals surface area contributed by atoms with E-state index >= 15 is 0 Å². The van der Waals surface area contributed by atoms with E-state index in [1.807, 2.05) is 0 Å². The Morgan fingerprint density at radius 2 is 1.18 bits per heavy atom. The number of phosphoric acid groups is 2. The molecule has 3 aliphatic heterocycles. The van der Waals surface area contributed by atoms with Gasteiger partial charge >= 0.3 is 21.6 Å². The maximum absolute atomic E-state index is 14.3. The average molecular weight is 1330 g/mol. The number of nitrogens with zero attached hydrogens (tertiary/aromatic N) is 12. The van der Waals surface area contributed by atoms with E-state index in [0.29, 0.717) is 23.2 Å². The van der Waals surface area contributed by atoms with Crippen molar-refractivity contribution in [1.29, 1.82) is 0 Å². The highest BCUT2D eigenvalue weighted by Gasteiger charge is 2.60. The van der Waals surface area contributed by atoms with Crippen LogP contribution in [0.5, 0.6) is 0 Å². The number of ether oxygens (including phenoxy) is 4. The predicted octanol–water partition coefficient (Wildman–Crippen LogP) is 8.03. The van der Waals surface area contributed by atoms with Gasteiger partial charge in [0.05, 0.1) is 63.5 Å². The number of phosphoric ester groups is 2. The molecule has 3 saturated heterocycles. The van der Waals surface area contributed by atoms with Crippen LogP contribution in [0.15, 0.2) is 49.6 Å². The number of hydrogen-bond donors (Lipinski definition) is 6. The molecule has 0 bridgehead atoms. The van der Waals surface area contributed by atoms with Crippen LogP contribution in [0, 0.1) is 52.3 Å².